The number of carboxylic acids is 1. The molecule has 0 aliphatic rings. The molecule has 0 spiro atoms. The van der Waals surface area contributed by atoms with Crippen LogP contribution in [0.2, 0.25) is 0 Å². The molecule has 0 aliphatic heterocycles. The molecule has 1 heterocycles. The predicted molar refractivity (Wildman–Crippen MR) is 83.9 cm³/mol. The molecule has 0 aliphatic carbocycles. The molecule has 0 saturated heterocycles. The zero-order valence-corrected chi connectivity index (χ0v) is 17.0. The van der Waals surface area contributed by atoms with Gasteiger partial charge in [0, 0.05) is 21.0 Å². The van der Waals surface area contributed by atoms with Crippen LogP contribution in [0.25, 0.3) is 22.2 Å². The van der Waals surface area contributed by atoms with E-state index in [9.17, 15) is 9.90 Å². The topological polar surface area (TPSA) is 53.0 Å². The maximum Gasteiger partial charge on any atom is 1.00 e. The molecule has 0 N–H and O–H groups in total. The number of pyridine rings is 1. The molecule has 2 aromatic carbocycles. The van der Waals surface area contributed by atoms with Gasteiger partial charge in [-0.15, -0.1) is 0 Å². The number of carbonyl (C=O) groups is 1. The molecule has 5 heteroatoms. The fourth-order valence-corrected chi connectivity index (χ4v) is 2.60. The zero-order valence-electron chi connectivity index (χ0n) is 12.3. The summed E-state index contributed by atoms with van der Waals surface area (Å²) in [5.74, 6) is -1.20. The fraction of sp³-hybridized carbons (Fsp3) is 0.0588. The Morgan fingerprint density at radius 3 is 2.41 bits per heavy atom. The number of carbonyl (C=O) groups excluding carboxylic acids is 1. The summed E-state index contributed by atoms with van der Waals surface area (Å²) in [4.78, 5) is 16.0. The maximum atomic E-state index is 11.4. The van der Waals surface area contributed by atoms with Crippen molar-refractivity contribution < 1.29 is 61.3 Å². The molecule has 0 saturated carbocycles. The Balaban J connectivity index is 0.00000176. The van der Waals surface area contributed by atoms with E-state index >= 15 is 0 Å². The molecule has 104 valence electrons. The van der Waals surface area contributed by atoms with E-state index in [4.69, 9.17) is 0 Å². The summed E-state index contributed by atoms with van der Waals surface area (Å²) in [6.07, 6.45) is 0. The van der Waals surface area contributed by atoms with Gasteiger partial charge in [-0.05, 0) is 31.2 Å². The van der Waals surface area contributed by atoms with Crippen LogP contribution in [0.4, 0.5) is 0 Å². The van der Waals surface area contributed by atoms with Crippen LogP contribution in [-0.2, 0) is 0 Å². The van der Waals surface area contributed by atoms with Crippen molar-refractivity contribution in [2.75, 3.05) is 0 Å². The number of nitrogens with zero attached hydrogens (tertiary/aromatic N) is 1. The van der Waals surface area contributed by atoms with E-state index in [-0.39, 0.29) is 56.9 Å². The van der Waals surface area contributed by atoms with Gasteiger partial charge < -0.3 is 9.90 Å². The molecule has 1 aromatic heterocycles. The van der Waals surface area contributed by atoms with Gasteiger partial charge in [0.25, 0.3) is 0 Å². The minimum absolute atomic E-state index is 0. The summed E-state index contributed by atoms with van der Waals surface area (Å²) in [5.41, 5.74) is 3.44. The standard InChI is InChI=1S/C17H12BrNO2.K/c1-10-2-4-11(5-3-10)16-9-14(17(20)21)13-8-12(18)6-7-15(13)19-16;/h2-9H,1H3,(H,20,21);/q;+1/p-1. The molecule has 0 unspecified atom stereocenters. The molecule has 0 radical (unpaired) electrons. The van der Waals surface area contributed by atoms with Gasteiger partial charge in [-0.2, -0.15) is 0 Å². The first-order valence-electron chi connectivity index (χ1n) is 6.43. The van der Waals surface area contributed by atoms with Crippen molar-refractivity contribution in [3.8, 4) is 11.3 Å². The second kappa shape index (κ2) is 7.34. The van der Waals surface area contributed by atoms with E-state index in [1.165, 1.54) is 0 Å². The second-order valence-corrected chi connectivity index (χ2v) is 5.79. The number of rotatable bonds is 2. The Kier molecular flexibility index (Phi) is 5.93. The van der Waals surface area contributed by atoms with Gasteiger partial charge in [0.1, 0.15) is 0 Å². The monoisotopic (exact) mass is 379 g/mol. The van der Waals surface area contributed by atoms with Gasteiger partial charge in [-0.25, -0.2) is 4.98 Å². The number of fused-ring (bicyclic) bond motifs is 1. The Bertz CT molecular complexity index is 847. The van der Waals surface area contributed by atoms with Crippen molar-refractivity contribution in [1.29, 1.82) is 0 Å². The molecule has 3 nitrogen and oxygen atoms in total. The minimum atomic E-state index is -1.20. The molecular formula is C17H11BrKNO2. The Hall–Kier alpha value is -0.564. The predicted octanol–water partition coefficient (Wildman–Crippen LogP) is 0.340. The van der Waals surface area contributed by atoms with Crippen molar-refractivity contribution in [2.24, 2.45) is 0 Å². The Morgan fingerprint density at radius 1 is 1.09 bits per heavy atom. The van der Waals surface area contributed by atoms with Crippen LogP contribution in [0, 0.1) is 6.92 Å². The first-order valence-corrected chi connectivity index (χ1v) is 7.22. The van der Waals surface area contributed by atoms with E-state index in [1.54, 1.807) is 18.2 Å². The number of hydrogen-bond donors (Lipinski definition) is 0. The third-order valence-corrected chi connectivity index (χ3v) is 3.83. The zero-order chi connectivity index (χ0) is 15.0. The van der Waals surface area contributed by atoms with Gasteiger partial charge in [-0.3, -0.25) is 0 Å². The summed E-state index contributed by atoms with van der Waals surface area (Å²) in [6, 6.07) is 14.8. The first kappa shape index (κ1) is 17.8. The maximum absolute atomic E-state index is 11.4. The molecule has 3 rings (SSSR count). The van der Waals surface area contributed by atoms with Crippen molar-refractivity contribution in [2.45, 2.75) is 6.92 Å². The number of aryl methyl sites for hydroxylation is 1. The van der Waals surface area contributed by atoms with Crippen LogP contribution < -0.4 is 56.5 Å². The quantitative estimate of drug-likeness (QED) is 0.603. The Labute approximate surface area is 179 Å². The fourth-order valence-electron chi connectivity index (χ4n) is 2.24. The molecular weight excluding hydrogens is 369 g/mol. The molecule has 22 heavy (non-hydrogen) atoms. The van der Waals surface area contributed by atoms with Gasteiger partial charge >= 0.3 is 51.4 Å². The third-order valence-electron chi connectivity index (χ3n) is 3.34. The van der Waals surface area contributed by atoms with Crippen molar-refractivity contribution in [3.63, 3.8) is 0 Å². The average molecular weight is 380 g/mol. The van der Waals surface area contributed by atoms with E-state index in [2.05, 4.69) is 20.9 Å². The van der Waals surface area contributed by atoms with Gasteiger partial charge in [-0.1, -0.05) is 45.8 Å². The summed E-state index contributed by atoms with van der Waals surface area (Å²) < 4.78 is 0.808. The van der Waals surface area contributed by atoms with E-state index in [0.717, 1.165) is 15.6 Å². The minimum Gasteiger partial charge on any atom is -0.545 e. The first-order chi connectivity index (χ1) is 10.0. The van der Waals surface area contributed by atoms with Crippen molar-refractivity contribution in [3.05, 3.63) is 64.1 Å². The van der Waals surface area contributed by atoms with E-state index in [0.29, 0.717) is 16.6 Å². The smallest absolute Gasteiger partial charge is 0.545 e. The molecule has 3 aromatic rings. The summed E-state index contributed by atoms with van der Waals surface area (Å²) in [5, 5.41) is 12.0. The van der Waals surface area contributed by atoms with Crippen molar-refractivity contribution in [1.82, 2.24) is 4.98 Å². The van der Waals surface area contributed by atoms with Crippen LogP contribution in [0.5, 0.6) is 0 Å². The average Bonchev–Trinajstić information content (AvgIpc) is 2.46. The van der Waals surface area contributed by atoms with Crippen LogP contribution >= 0.6 is 15.9 Å². The number of aromatic carboxylic acids is 1. The van der Waals surface area contributed by atoms with Crippen LogP contribution in [-0.4, -0.2) is 11.0 Å². The van der Waals surface area contributed by atoms with Crippen LogP contribution in [0.3, 0.4) is 0 Å². The second-order valence-electron chi connectivity index (χ2n) is 4.87. The number of carboxylic acid groups (broad SMARTS) is 1. The van der Waals surface area contributed by atoms with E-state index < -0.39 is 5.97 Å². The SMILES string of the molecule is Cc1ccc(-c2cc(C(=O)[O-])c3cc(Br)ccc3n2)cc1.[K+]. The summed E-state index contributed by atoms with van der Waals surface area (Å²) >= 11 is 3.35. The van der Waals surface area contributed by atoms with Crippen molar-refractivity contribution >= 4 is 32.8 Å². The summed E-state index contributed by atoms with van der Waals surface area (Å²) in [7, 11) is 0. The normalized spacial score (nSPS) is 10.3. The molecule has 0 fully saturated rings. The number of benzene rings is 2. The van der Waals surface area contributed by atoms with Gasteiger partial charge in [0.05, 0.1) is 17.2 Å². The number of halogens is 1. The van der Waals surface area contributed by atoms with Gasteiger partial charge in [0.2, 0.25) is 0 Å². The van der Waals surface area contributed by atoms with E-state index in [1.807, 2.05) is 37.3 Å². The summed E-state index contributed by atoms with van der Waals surface area (Å²) in [6.45, 7) is 2.00. The number of aromatic nitrogens is 1. The number of hydrogen-bond acceptors (Lipinski definition) is 3. The molecule has 0 atom stereocenters. The van der Waals surface area contributed by atoms with Gasteiger partial charge in [0.15, 0.2) is 0 Å². The molecule has 0 bridgehead atoms. The van der Waals surface area contributed by atoms with Crippen LogP contribution in [0.15, 0.2) is 53.0 Å². The molecule has 0 amide bonds. The van der Waals surface area contributed by atoms with Crippen LogP contribution in [0.1, 0.15) is 15.9 Å². The largest absolute Gasteiger partial charge is 1.00 e. The third kappa shape index (κ3) is 3.67. The Morgan fingerprint density at radius 2 is 1.77 bits per heavy atom.